The van der Waals surface area contributed by atoms with Gasteiger partial charge < -0.3 is 14.7 Å². The van der Waals surface area contributed by atoms with Crippen LogP contribution in [0.3, 0.4) is 0 Å². The second-order valence-electron chi connectivity index (χ2n) is 5.99. The van der Waals surface area contributed by atoms with Crippen LogP contribution >= 0.6 is 0 Å². The van der Waals surface area contributed by atoms with Crippen molar-refractivity contribution < 1.29 is 19.4 Å². The Morgan fingerprint density at radius 3 is 2.26 bits per heavy atom. The largest absolute Gasteiger partial charge is 0.469 e. The maximum absolute atomic E-state index is 11.3. The van der Waals surface area contributed by atoms with Crippen molar-refractivity contribution in [1.29, 1.82) is 0 Å². The molecule has 19 heavy (non-hydrogen) atoms. The zero-order valence-electron chi connectivity index (χ0n) is 11.6. The van der Waals surface area contributed by atoms with E-state index < -0.39 is 6.09 Å². The summed E-state index contributed by atoms with van der Waals surface area (Å²) in [6, 6.07) is 0. The van der Waals surface area contributed by atoms with E-state index in [2.05, 4.69) is 0 Å². The lowest BCUT2D eigenvalue weighted by molar-refractivity contribution is -0.142. The van der Waals surface area contributed by atoms with Gasteiger partial charge in [0.15, 0.2) is 0 Å². The molecule has 1 aliphatic carbocycles. The number of ether oxygens (including phenoxy) is 1. The molecule has 0 unspecified atom stereocenters. The summed E-state index contributed by atoms with van der Waals surface area (Å²) in [6.07, 6.45) is 6.09. The summed E-state index contributed by atoms with van der Waals surface area (Å²) >= 11 is 0. The molecule has 108 valence electrons. The van der Waals surface area contributed by atoms with Crippen LogP contribution in [-0.4, -0.2) is 42.3 Å². The van der Waals surface area contributed by atoms with E-state index in [-0.39, 0.29) is 5.97 Å². The third-order valence-electron chi connectivity index (χ3n) is 4.94. The number of rotatable bonds is 2. The van der Waals surface area contributed by atoms with Gasteiger partial charge in [0.2, 0.25) is 0 Å². The van der Waals surface area contributed by atoms with Gasteiger partial charge in [0, 0.05) is 19.5 Å². The minimum atomic E-state index is -0.797. The lowest BCUT2D eigenvalue weighted by Crippen LogP contribution is -2.44. The molecule has 2 fully saturated rings. The van der Waals surface area contributed by atoms with Gasteiger partial charge in [-0.25, -0.2) is 4.79 Å². The number of hydrogen-bond acceptors (Lipinski definition) is 3. The summed E-state index contributed by atoms with van der Waals surface area (Å²) in [5.41, 5.74) is 0.332. The monoisotopic (exact) mass is 269 g/mol. The van der Waals surface area contributed by atoms with Gasteiger partial charge in [0.05, 0.1) is 7.11 Å². The van der Waals surface area contributed by atoms with E-state index >= 15 is 0 Å². The van der Waals surface area contributed by atoms with Crippen molar-refractivity contribution in [2.75, 3.05) is 20.2 Å². The second kappa shape index (κ2) is 5.80. The molecule has 1 saturated carbocycles. The Labute approximate surface area is 113 Å². The van der Waals surface area contributed by atoms with Gasteiger partial charge in [0.1, 0.15) is 0 Å². The average Bonchev–Trinajstić information content (AvgIpc) is 2.42. The van der Waals surface area contributed by atoms with Crippen LogP contribution in [0, 0.1) is 11.3 Å². The van der Waals surface area contributed by atoms with Gasteiger partial charge in [-0.3, -0.25) is 4.79 Å². The summed E-state index contributed by atoms with van der Waals surface area (Å²) in [7, 11) is 1.44. The SMILES string of the molecule is COC(=O)CC1CCC2(CC1)CCN(C(=O)O)CC2. The lowest BCUT2D eigenvalue weighted by Gasteiger charge is -2.45. The van der Waals surface area contributed by atoms with Crippen molar-refractivity contribution in [2.24, 2.45) is 11.3 Å². The molecule has 0 atom stereocenters. The third-order valence-corrected chi connectivity index (χ3v) is 4.94. The highest BCUT2D eigenvalue weighted by molar-refractivity contribution is 5.69. The van der Waals surface area contributed by atoms with Crippen LogP contribution in [0.4, 0.5) is 4.79 Å². The van der Waals surface area contributed by atoms with Gasteiger partial charge in [0.25, 0.3) is 0 Å². The van der Waals surface area contributed by atoms with Gasteiger partial charge in [-0.05, 0) is 49.9 Å². The van der Waals surface area contributed by atoms with E-state index in [1.807, 2.05) is 0 Å². The minimum absolute atomic E-state index is 0.110. The molecule has 0 aromatic carbocycles. The molecule has 5 nitrogen and oxygen atoms in total. The first kappa shape index (κ1) is 14.2. The fourth-order valence-corrected chi connectivity index (χ4v) is 3.49. The summed E-state index contributed by atoms with van der Waals surface area (Å²) in [5, 5.41) is 8.97. The molecule has 1 N–H and O–H groups in total. The van der Waals surface area contributed by atoms with Crippen LogP contribution in [0.25, 0.3) is 0 Å². The number of piperidine rings is 1. The summed E-state index contributed by atoms with van der Waals surface area (Å²) in [6.45, 7) is 1.33. The molecule has 0 radical (unpaired) electrons. The number of carboxylic acid groups (broad SMARTS) is 1. The molecule has 0 aromatic heterocycles. The molecule has 2 aliphatic rings. The highest BCUT2D eigenvalue weighted by atomic mass is 16.5. The highest BCUT2D eigenvalue weighted by Crippen LogP contribution is 2.46. The zero-order chi connectivity index (χ0) is 13.9. The number of methoxy groups -OCH3 is 1. The summed E-state index contributed by atoms with van der Waals surface area (Å²) in [5.74, 6) is 0.345. The Hall–Kier alpha value is -1.26. The molecule has 1 amide bonds. The van der Waals surface area contributed by atoms with Crippen molar-refractivity contribution in [3.63, 3.8) is 0 Å². The first-order valence-electron chi connectivity index (χ1n) is 7.09. The van der Waals surface area contributed by atoms with Gasteiger partial charge in [-0.2, -0.15) is 0 Å². The van der Waals surface area contributed by atoms with Crippen LogP contribution < -0.4 is 0 Å². The molecule has 0 aromatic rings. The molecule has 1 spiro atoms. The zero-order valence-corrected chi connectivity index (χ0v) is 11.6. The summed E-state index contributed by atoms with van der Waals surface area (Å²) in [4.78, 5) is 23.7. The van der Waals surface area contributed by atoms with Crippen molar-refractivity contribution >= 4 is 12.1 Å². The Kier molecular flexibility index (Phi) is 4.32. The van der Waals surface area contributed by atoms with E-state index in [1.54, 1.807) is 0 Å². The van der Waals surface area contributed by atoms with Crippen molar-refractivity contribution in [3.05, 3.63) is 0 Å². The molecule has 2 rings (SSSR count). The summed E-state index contributed by atoms with van der Waals surface area (Å²) < 4.78 is 4.72. The normalized spacial score (nSPS) is 23.3. The van der Waals surface area contributed by atoms with Crippen LogP contribution in [0.1, 0.15) is 44.9 Å². The van der Waals surface area contributed by atoms with Crippen molar-refractivity contribution in [2.45, 2.75) is 44.9 Å². The lowest BCUT2D eigenvalue weighted by atomic mass is 9.65. The number of amides is 1. The third kappa shape index (κ3) is 3.39. The Morgan fingerprint density at radius 2 is 1.79 bits per heavy atom. The van der Waals surface area contributed by atoms with Crippen molar-refractivity contribution in [3.8, 4) is 0 Å². The van der Waals surface area contributed by atoms with Crippen LogP contribution in [0.5, 0.6) is 0 Å². The van der Waals surface area contributed by atoms with E-state index in [0.29, 0.717) is 30.8 Å². The van der Waals surface area contributed by atoms with E-state index in [0.717, 1.165) is 38.5 Å². The second-order valence-corrected chi connectivity index (χ2v) is 5.99. The Morgan fingerprint density at radius 1 is 1.21 bits per heavy atom. The number of carbonyl (C=O) groups is 2. The molecule has 0 bridgehead atoms. The predicted octanol–water partition coefficient (Wildman–Crippen LogP) is 2.50. The van der Waals surface area contributed by atoms with Gasteiger partial charge in [-0.15, -0.1) is 0 Å². The van der Waals surface area contributed by atoms with E-state index in [1.165, 1.54) is 12.0 Å². The highest BCUT2D eigenvalue weighted by Gasteiger charge is 2.39. The first-order valence-corrected chi connectivity index (χ1v) is 7.09. The van der Waals surface area contributed by atoms with Crippen LogP contribution in [-0.2, 0) is 9.53 Å². The Bertz CT molecular complexity index is 337. The molecule has 5 heteroatoms. The van der Waals surface area contributed by atoms with Gasteiger partial charge >= 0.3 is 12.1 Å². The van der Waals surface area contributed by atoms with Gasteiger partial charge in [-0.1, -0.05) is 0 Å². The minimum Gasteiger partial charge on any atom is -0.469 e. The molecule has 1 heterocycles. The number of carbonyl (C=O) groups excluding carboxylic acids is 1. The molecule has 1 aliphatic heterocycles. The molecule has 1 saturated heterocycles. The molecular formula is C14H23NO4. The quantitative estimate of drug-likeness (QED) is 0.782. The fraction of sp³-hybridized carbons (Fsp3) is 0.857. The number of likely N-dealkylation sites (tertiary alicyclic amines) is 1. The maximum atomic E-state index is 11.3. The standard InChI is InChI=1S/C14H23NO4/c1-19-12(16)10-11-2-4-14(5-3-11)6-8-15(9-7-14)13(17)18/h11H,2-10H2,1H3,(H,17,18). The predicted molar refractivity (Wildman–Crippen MR) is 69.9 cm³/mol. The van der Waals surface area contributed by atoms with Crippen LogP contribution in [0.15, 0.2) is 0 Å². The topological polar surface area (TPSA) is 66.8 Å². The maximum Gasteiger partial charge on any atom is 0.407 e. The molecular weight excluding hydrogens is 246 g/mol. The number of esters is 1. The average molecular weight is 269 g/mol. The van der Waals surface area contributed by atoms with E-state index in [9.17, 15) is 9.59 Å². The van der Waals surface area contributed by atoms with E-state index in [4.69, 9.17) is 9.84 Å². The number of hydrogen-bond donors (Lipinski definition) is 1. The first-order chi connectivity index (χ1) is 9.04. The van der Waals surface area contributed by atoms with Crippen molar-refractivity contribution in [1.82, 2.24) is 4.90 Å². The smallest absolute Gasteiger partial charge is 0.407 e. The number of nitrogens with zero attached hydrogens (tertiary/aromatic N) is 1. The Balaban J connectivity index is 1.80. The van der Waals surface area contributed by atoms with Crippen LogP contribution in [0.2, 0.25) is 0 Å². The fourth-order valence-electron chi connectivity index (χ4n) is 3.49.